The molecule has 1 saturated heterocycles. The molecule has 1 amide bonds. The third-order valence-electron chi connectivity index (χ3n) is 3.84. The molecule has 0 aliphatic carbocycles. The summed E-state index contributed by atoms with van der Waals surface area (Å²) in [7, 11) is 0. The summed E-state index contributed by atoms with van der Waals surface area (Å²) in [5.41, 5.74) is 4.47. The fourth-order valence-electron chi connectivity index (χ4n) is 2.71. The summed E-state index contributed by atoms with van der Waals surface area (Å²) < 4.78 is 0. The smallest absolute Gasteiger partial charge is 0.255 e. The Hall–Kier alpha value is -1.66. The number of hydrogen-bond acceptors (Lipinski definition) is 5. The number of nitrogens with one attached hydrogen (secondary N) is 2. The van der Waals surface area contributed by atoms with Crippen LogP contribution in [0.2, 0.25) is 0 Å². The Labute approximate surface area is 119 Å². The van der Waals surface area contributed by atoms with E-state index in [1.54, 1.807) is 12.3 Å². The van der Waals surface area contributed by atoms with Crippen LogP contribution in [0.1, 0.15) is 35.8 Å². The summed E-state index contributed by atoms with van der Waals surface area (Å²) in [5, 5.41) is 2.98. The second-order valence-corrected chi connectivity index (χ2v) is 5.15. The van der Waals surface area contributed by atoms with Gasteiger partial charge in [-0.3, -0.25) is 20.5 Å². The van der Waals surface area contributed by atoms with Crippen molar-refractivity contribution in [3.63, 3.8) is 0 Å². The van der Waals surface area contributed by atoms with Crippen LogP contribution in [0, 0.1) is 6.92 Å². The maximum atomic E-state index is 12.2. The second-order valence-electron chi connectivity index (χ2n) is 5.15. The van der Waals surface area contributed by atoms with Gasteiger partial charge in [-0.1, -0.05) is 6.92 Å². The second kappa shape index (κ2) is 6.67. The Bertz CT molecular complexity index is 477. The van der Waals surface area contributed by atoms with Crippen LogP contribution in [0.4, 0.5) is 5.69 Å². The van der Waals surface area contributed by atoms with E-state index < -0.39 is 0 Å². The average Bonchev–Trinajstić information content (AvgIpc) is 2.92. The van der Waals surface area contributed by atoms with Gasteiger partial charge in [-0.15, -0.1) is 0 Å². The summed E-state index contributed by atoms with van der Waals surface area (Å²) in [6.07, 6.45) is 3.91. The summed E-state index contributed by atoms with van der Waals surface area (Å²) in [6, 6.07) is 2.21. The zero-order chi connectivity index (χ0) is 14.5. The van der Waals surface area contributed by atoms with Crippen molar-refractivity contribution in [3.8, 4) is 0 Å². The molecule has 1 unspecified atom stereocenters. The van der Waals surface area contributed by atoms with Gasteiger partial charge < -0.3 is 10.7 Å². The molecule has 6 heteroatoms. The molecule has 110 valence electrons. The summed E-state index contributed by atoms with van der Waals surface area (Å²) in [5.74, 6) is 5.32. The molecule has 2 rings (SSSR count). The molecule has 0 radical (unpaired) electrons. The first-order valence-electron chi connectivity index (χ1n) is 7.11. The van der Waals surface area contributed by atoms with E-state index in [4.69, 9.17) is 5.84 Å². The molecule has 0 bridgehead atoms. The minimum Gasteiger partial charge on any atom is -0.350 e. The minimum atomic E-state index is -0.131. The highest BCUT2D eigenvalue weighted by Gasteiger charge is 2.23. The number of aromatic nitrogens is 1. The molecule has 1 fully saturated rings. The van der Waals surface area contributed by atoms with Crippen LogP contribution in [0.3, 0.4) is 0 Å². The van der Waals surface area contributed by atoms with Gasteiger partial charge in [-0.05, 0) is 38.9 Å². The predicted octanol–water partition coefficient (Wildman–Crippen LogP) is 0.890. The first-order valence-corrected chi connectivity index (χ1v) is 7.11. The highest BCUT2D eigenvalue weighted by atomic mass is 16.1. The van der Waals surface area contributed by atoms with Gasteiger partial charge in [0.15, 0.2) is 0 Å². The van der Waals surface area contributed by atoms with Gasteiger partial charge in [-0.2, -0.15) is 0 Å². The number of hydrogen-bond donors (Lipinski definition) is 3. The minimum absolute atomic E-state index is 0.131. The number of nitrogen functional groups attached to an aromatic ring is 1. The van der Waals surface area contributed by atoms with Gasteiger partial charge in [0.05, 0.1) is 11.3 Å². The van der Waals surface area contributed by atoms with Gasteiger partial charge >= 0.3 is 0 Å². The molecular formula is C14H23N5O. The topological polar surface area (TPSA) is 83.3 Å². The van der Waals surface area contributed by atoms with E-state index in [1.165, 1.54) is 6.42 Å². The number of aryl methyl sites for hydroxylation is 1. The maximum absolute atomic E-state index is 12.2. The Morgan fingerprint density at radius 1 is 1.60 bits per heavy atom. The van der Waals surface area contributed by atoms with E-state index in [9.17, 15) is 4.79 Å². The predicted molar refractivity (Wildman–Crippen MR) is 79.4 cm³/mol. The van der Waals surface area contributed by atoms with Gasteiger partial charge in [0.1, 0.15) is 0 Å². The van der Waals surface area contributed by atoms with Crippen LogP contribution in [-0.4, -0.2) is 41.5 Å². The molecule has 1 atom stereocenters. The normalized spacial score (nSPS) is 19.1. The number of likely N-dealkylation sites (N-methyl/N-ethyl adjacent to an activating group) is 1. The Morgan fingerprint density at radius 3 is 3.10 bits per heavy atom. The molecule has 0 spiro atoms. The van der Waals surface area contributed by atoms with Gasteiger partial charge in [-0.25, -0.2) is 0 Å². The van der Waals surface area contributed by atoms with Crippen molar-refractivity contribution in [1.82, 2.24) is 15.2 Å². The monoisotopic (exact) mass is 277 g/mol. The van der Waals surface area contributed by atoms with Crippen molar-refractivity contribution >= 4 is 11.6 Å². The first-order chi connectivity index (χ1) is 9.65. The highest BCUT2D eigenvalue weighted by molar-refractivity contribution is 5.99. The zero-order valence-electron chi connectivity index (χ0n) is 12.1. The third-order valence-corrected chi connectivity index (χ3v) is 3.84. The largest absolute Gasteiger partial charge is 0.350 e. The first kappa shape index (κ1) is 14.7. The number of pyridine rings is 1. The average molecular weight is 277 g/mol. The van der Waals surface area contributed by atoms with Crippen molar-refractivity contribution in [1.29, 1.82) is 0 Å². The molecule has 6 nitrogen and oxygen atoms in total. The fraction of sp³-hybridized carbons (Fsp3) is 0.571. The maximum Gasteiger partial charge on any atom is 0.255 e. The van der Waals surface area contributed by atoms with Crippen molar-refractivity contribution in [2.24, 2.45) is 5.84 Å². The molecule has 20 heavy (non-hydrogen) atoms. The number of anilines is 1. The van der Waals surface area contributed by atoms with E-state index in [0.29, 0.717) is 23.8 Å². The number of nitrogens with two attached hydrogens (primary N) is 1. The van der Waals surface area contributed by atoms with E-state index in [-0.39, 0.29) is 5.91 Å². The molecular weight excluding hydrogens is 254 g/mol. The lowest BCUT2D eigenvalue weighted by Gasteiger charge is -2.23. The molecule has 1 aromatic heterocycles. The van der Waals surface area contributed by atoms with Crippen molar-refractivity contribution in [2.75, 3.05) is 25.1 Å². The SMILES string of the molecule is CCN1CCCC1CNC(=O)c1cnc(C)cc1NN. The standard InChI is InChI=1S/C14H23N5O/c1-3-19-6-4-5-11(19)8-17-14(20)12-9-16-10(2)7-13(12)18-15/h7,9,11H,3-6,8,15H2,1-2H3,(H,16,18)(H,17,20). The summed E-state index contributed by atoms with van der Waals surface area (Å²) in [6.45, 7) is 6.84. The van der Waals surface area contributed by atoms with Gasteiger partial charge in [0.2, 0.25) is 0 Å². The van der Waals surface area contributed by atoms with E-state index in [1.807, 2.05) is 6.92 Å². The Balaban J connectivity index is 1.98. The lowest BCUT2D eigenvalue weighted by atomic mass is 10.2. The van der Waals surface area contributed by atoms with Gasteiger partial charge in [0.25, 0.3) is 5.91 Å². The Morgan fingerprint density at radius 2 is 2.40 bits per heavy atom. The van der Waals surface area contributed by atoms with Gasteiger partial charge in [0, 0.05) is 24.5 Å². The van der Waals surface area contributed by atoms with Crippen LogP contribution in [0.15, 0.2) is 12.3 Å². The Kier molecular flexibility index (Phi) is 4.92. The number of amides is 1. The molecule has 1 aromatic rings. The fourth-order valence-corrected chi connectivity index (χ4v) is 2.71. The zero-order valence-corrected chi connectivity index (χ0v) is 12.1. The van der Waals surface area contributed by atoms with Crippen LogP contribution in [0.25, 0.3) is 0 Å². The number of hydrazine groups is 1. The molecule has 0 saturated carbocycles. The van der Waals surface area contributed by atoms with Crippen molar-refractivity contribution in [3.05, 3.63) is 23.5 Å². The number of likely N-dealkylation sites (tertiary alicyclic amines) is 1. The van der Waals surface area contributed by atoms with Crippen LogP contribution >= 0.6 is 0 Å². The van der Waals surface area contributed by atoms with Crippen LogP contribution in [-0.2, 0) is 0 Å². The lowest BCUT2D eigenvalue weighted by molar-refractivity contribution is 0.0942. The number of carbonyl (C=O) groups is 1. The highest BCUT2D eigenvalue weighted by Crippen LogP contribution is 2.17. The number of carbonyl (C=O) groups excluding carboxylic acids is 1. The molecule has 1 aliphatic heterocycles. The van der Waals surface area contributed by atoms with Crippen LogP contribution in [0.5, 0.6) is 0 Å². The van der Waals surface area contributed by atoms with E-state index in [2.05, 4.69) is 27.6 Å². The van der Waals surface area contributed by atoms with E-state index >= 15 is 0 Å². The third kappa shape index (κ3) is 3.26. The molecule has 2 heterocycles. The lowest BCUT2D eigenvalue weighted by Crippen LogP contribution is -2.40. The molecule has 0 aromatic carbocycles. The summed E-state index contributed by atoms with van der Waals surface area (Å²) >= 11 is 0. The van der Waals surface area contributed by atoms with Crippen molar-refractivity contribution in [2.45, 2.75) is 32.7 Å². The quantitative estimate of drug-likeness (QED) is 0.550. The summed E-state index contributed by atoms with van der Waals surface area (Å²) in [4.78, 5) is 18.8. The number of rotatable bonds is 5. The molecule has 1 aliphatic rings. The number of nitrogens with zero attached hydrogens (tertiary/aromatic N) is 2. The molecule has 4 N–H and O–H groups in total. The van der Waals surface area contributed by atoms with E-state index in [0.717, 1.165) is 25.2 Å². The van der Waals surface area contributed by atoms with Crippen molar-refractivity contribution < 1.29 is 4.79 Å². The van der Waals surface area contributed by atoms with Crippen LogP contribution < -0.4 is 16.6 Å².